The van der Waals surface area contributed by atoms with Crippen LogP contribution < -0.4 is 14.8 Å². The van der Waals surface area contributed by atoms with E-state index in [0.29, 0.717) is 13.0 Å². The van der Waals surface area contributed by atoms with Gasteiger partial charge in [-0.3, -0.25) is 4.39 Å². The summed E-state index contributed by atoms with van der Waals surface area (Å²) in [6, 6.07) is 5.65. The van der Waals surface area contributed by atoms with Crippen LogP contribution in [0.15, 0.2) is 18.2 Å². The number of hydrogen-bond acceptors (Lipinski definition) is 3. The highest BCUT2D eigenvalue weighted by Crippen LogP contribution is 2.24. The lowest BCUT2D eigenvalue weighted by molar-refractivity contribution is 0.286. The van der Waals surface area contributed by atoms with E-state index in [1.165, 1.54) is 0 Å². The minimum atomic E-state index is -0.349. The maximum Gasteiger partial charge on any atom is 0.124 e. The molecule has 1 aromatic rings. The third-order valence-electron chi connectivity index (χ3n) is 2.37. The normalized spacial score (nSPS) is 10.3. The molecule has 96 valence electrons. The lowest BCUT2D eigenvalue weighted by atomic mass is 10.2. The number of halogens is 1. The van der Waals surface area contributed by atoms with E-state index in [1.54, 1.807) is 7.11 Å². The summed E-state index contributed by atoms with van der Waals surface area (Å²) >= 11 is 0. The number of benzene rings is 1. The Morgan fingerprint density at radius 1 is 1.35 bits per heavy atom. The Balaban J connectivity index is 2.71. The van der Waals surface area contributed by atoms with E-state index in [0.717, 1.165) is 30.2 Å². The zero-order valence-electron chi connectivity index (χ0n) is 10.5. The molecule has 1 rings (SSSR count). The van der Waals surface area contributed by atoms with Crippen molar-refractivity contribution in [2.24, 2.45) is 0 Å². The van der Waals surface area contributed by atoms with Gasteiger partial charge in [0.1, 0.15) is 11.5 Å². The van der Waals surface area contributed by atoms with Crippen molar-refractivity contribution in [3.8, 4) is 11.5 Å². The molecule has 1 N–H and O–H groups in total. The van der Waals surface area contributed by atoms with Crippen LogP contribution in [-0.2, 0) is 6.54 Å². The molecule has 0 fully saturated rings. The maximum absolute atomic E-state index is 12.0. The van der Waals surface area contributed by atoms with Crippen LogP contribution >= 0.6 is 0 Å². The van der Waals surface area contributed by atoms with Gasteiger partial charge < -0.3 is 14.8 Å². The molecule has 0 aromatic heterocycles. The molecule has 0 amide bonds. The van der Waals surface area contributed by atoms with Crippen molar-refractivity contribution in [1.82, 2.24) is 5.32 Å². The number of nitrogens with one attached hydrogen (secondary N) is 1. The topological polar surface area (TPSA) is 30.5 Å². The van der Waals surface area contributed by atoms with Gasteiger partial charge in [-0.05, 0) is 24.7 Å². The van der Waals surface area contributed by atoms with E-state index in [2.05, 4.69) is 5.32 Å². The standard InChI is InChI=1S/C13H20FNO2/c1-3-15-10-11-9-12(16-2)5-6-13(11)17-8-4-7-14/h5-6,9,15H,3-4,7-8,10H2,1-2H3. The molecule has 0 aliphatic rings. The number of rotatable bonds is 8. The van der Waals surface area contributed by atoms with E-state index in [9.17, 15) is 4.39 Å². The summed E-state index contributed by atoms with van der Waals surface area (Å²) in [6.45, 7) is 3.71. The van der Waals surface area contributed by atoms with Crippen LogP contribution in [0.2, 0.25) is 0 Å². The Morgan fingerprint density at radius 3 is 2.82 bits per heavy atom. The molecule has 0 atom stereocenters. The average molecular weight is 241 g/mol. The summed E-state index contributed by atoms with van der Waals surface area (Å²) in [4.78, 5) is 0. The minimum Gasteiger partial charge on any atom is -0.497 e. The molecule has 0 radical (unpaired) electrons. The summed E-state index contributed by atoms with van der Waals surface area (Å²) in [5.41, 5.74) is 1.03. The van der Waals surface area contributed by atoms with E-state index >= 15 is 0 Å². The van der Waals surface area contributed by atoms with Crippen LogP contribution in [0.3, 0.4) is 0 Å². The Labute approximate surface area is 102 Å². The molecular formula is C13H20FNO2. The van der Waals surface area contributed by atoms with Crippen LogP contribution in [0.25, 0.3) is 0 Å². The fourth-order valence-electron chi connectivity index (χ4n) is 1.46. The van der Waals surface area contributed by atoms with Gasteiger partial charge in [-0.1, -0.05) is 6.92 Å². The quantitative estimate of drug-likeness (QED) is 0.709. The number of alkyl halides is 1. The van der Waals surface area contributed by atoms with E-state index in [4.69, 9.17) is 9.47 Å². The monoisotopic (exact) mass is 241 g/mol. The average Bonchev–Trinajstić information content (AvgIpc) is 2.37. The second-order valence-electron chi connectivity index (χ2n) is 3.64. The Hall–Kier alpha value is -1.29. The molecule has 0 aliphatic carbocycles. The van der Waals surface area contributed by atoms with Crippen LogP contribution in [0.1, 0.15) is 18.9 Å². The largest absolute Gasteiger partial charge is 0.497 e. The zero-order chi connectivity index (χ0) is 12.5. The van der Waals surface area contributed by atoms with Crippen molar-refractivity contribution in [2.45, 2.75) is 19.9 Å². The Bertz CT molecular complexity index is 331. The lowest BCUT2D eigenvalue weighted by Gasteiger charge is -2.12. The molecule has 0 spiro atoms. The van der Waals surface area contributed by atoms with Crippen LogP contribution in [-0.4, -0.2) is 26.9 Å². The van der Waals surface area contributed by atoms with Crippen molar-refractivity contribution >= 4 is 0 Å². The van der Waals surface area contributed by atoms with Crippen molar-refractivity contribution in [2.75, 3.05) is 26.9 Å². The first-order valence-corrected chi connectivity index (χ1v) is 5.88. The highest BCUT2D eigenvalue weighted by molar-refractivity contribution is 5.40. The third-order valence-corrected chi connectivity index (χ3v) is 2.37. The van der Waals surface area contributed by atoms with Crippen molar-refractivity contribution in [1.29, 1.82) is 0 Å². The number of ether oxygens (including phenoxy) is 2. The van der Waals surface area contributed by atoms with Crippen LogP contribution in [0.5, 0.6) is 11.5 Å². The van der Waals surface area contributed by atoms with Crippen LogP contribution in [0, 0.1) is 0 Å². The van der Waals surface area contributed by atoms with Gasteiger partial charge in [-0.15, -0.1) is 0 Å². The molecule has 0 saturated heterocycles. The molecule has 0 saturated carbocycles. The SMILES string of the molecule is CCNCc1cc(OC)ccc1OCCCF. The van der Waals surface area contributed by atoms with Gasteiger partial charge in [0.15, 0.2) is 0 Å². The van der Waals surface area contributed by atoms with Crippen molar-refractivity contribution in [3.05, 3.63) is 23.8 Å². The van der Waals surface area contributed by atoms with E-state index in [-0.39, 0.29) is 6.67 Å². The molecule has 17 heavy (non-hydrogen) atoms. The summed E-state index contributed by atoms with van der Waals surface area (Å²) in [6.07, 6.45) is 0.423. The van der Waals surface area contributed by atoms with Crippen LogP contribution in [0.4, 0.5) is 4.39 Å². The minimum absolute atomic E-state index is 0.349. The highest BCUT2D eigenvalue weighted by Gasteiger charge is 2.05. The Kier molecular flexibility index (Phi) is 6.40. The summed E-state index contributed by atoms with van der Waals surface area (Å²) in [5.74, 6) is 1.59. The Morgan fingerprint density at radius 2 is 2.18 bits per heavy atom. The highest BCUT2D eigenvalue weighted by atomic mass is 19.1. The molecule has 1 aromatic carbocycles. The maximum atomic E-state index is 12.0. The second-order valence-corrected chi connectivity index (χ2v) is 3.64. The van der Waals surface area contributed by atoms with Gasteiger partial charge >= 0.3 is 0 Å². The predicted molar refractivity (Wildman–Crippen MR) is 66.5 cm³/mol. The van der Waals surface area contributed by atoms with Gasteiger partial charge in [0.05, 0.1) is 20.4 Å². The zero-order valence-corrected chi connectivity index (χ0v) is 10.5. The molecule has 0 aliphatic heterocycles. The van der Waals surface area contributed by atoms with Crippen molar-refractivity contribution < 1.29 is 13.9 Å². The molecule has 0 heterocycles. The fraction of sp³-hybridized carbons (Fsp3) is 0.538. The van der Waals surface area contributed by atoms with Gasteiger partial charge in [-0.2, -0.15) is 0 Å². The molecular weight excluding hydrogens is 221 g/mol. The number of hydrogen-bond donors (Lipinski definition) is 1. The van der Waals surface area contributed by atoms with Gasteiger partial charge in [0, 0.05) is 18.5 Å². The summed E-state index contributed by atoms with van der Waals surface area (Å²) in [7, 11) is 1.63. The van der Waals surface area contributed by atoms with Gasteiger partial charge in [0.25, 0.3) is 0 Å². The third kappa shape index (κ3) is 4.61. The number of methoxy groups -OCH3 is 1. The lowest BCUT2D eigenvalue weighted by Crippen LogP contribution is -2.13. The fourth-order valence-corrected chi connectivity index (χ4v) is 1.46. The molecule has 4 heteroatoms. The first-order chi connectivity index (χ1) is 8.31. The predicted octanol–water partition coefficient (Wildman–Crippen LogP) is 2.54. The van der Waals surface area contributed by atoms with E-state index < -0.39 is 0 Å². The molecule has 0 bridgehead atoms. The first kappa shape index (κ1) is 13.8. The van der Waals surface area contributed by atoms with E-state index in [1.807, 2.05) is 25.1 Å². The second kappa shape index (κ2) is 7.90. The summed E-state index contributed by atoms with van der Waals surface area (Å²) in [5, 5.41) is 3.24. The van der Waals surface area contributed by atoms with Gasteiger partial charge in [-0.25, -0.2) is 0 Å². The molecule has 3 nitrogen and oxygen atoms in total. The van der Waals surface area contributed by atoms with Crippen molar-refractivity contribution in [3.63, 3.8) is 0 Å². The first-order valence-electron chi connectivity index (χ1n) is 5.88. The summed E-state index contributed by atoms with van der Waals surface area (Å²) < 4.78 is 22.7. The smallest absolute Gasteiger partial charge is 0.124 e. The van der Waals surface area contributed by atoms with Gasteiger partial charge in [0.2, 0.25) is 0 Å². The molecule has 0 unspecified atom stereocenters.